The lowest BCUT2D eigenvalue weighted by Crippen LogP contribution is -2.54. The Hall–Kier alpha value is -3.69. The minimum Gasteiger partial charge on any atom is -0.490 e. The van der Waals surface area contributed by atoms with Crippen LogP contribution in [-0.2, 0) is 16.2 Å². The molecule has 1 heterocycles. The largest absolute Gasteiger partial charge is 0.490 e. The number of urea groups is 1. The summed E-state index contributed by atoms with van der Waals surface area (Å²) in [5.74, 6) is -1.38. The Balaban J connectivity index is 1.67. The molecule has 0 saturated carbocycles. The first-order valence-electron chi connectivity index (χ1n) is 11.2. The topological polar surface area (TPSA) is 84.9 Å². The molecule has 0 radical (unpaired) electrons. The zero-order chi connectivity index (χ0) is 26.7. The number of barbiturate groups is 1. The Morgan fingerprint density at radius 1 is 1.08 bits per heavy atom. The quantitative estimate of drug-likeness (QED) is 0.263. The van der Waals surface area contributed by atoms with Crippen molar-refractivity contribution in [2.45, 2.75) is 20.5 Å². The molecular formula is C27H21BrClFN2O5. The van der Waals surface area contributed by atoms with Crippen LogP contribution in [0.15, 0.2) is 64.6 Å². The van der Waals surface area contributed by atoms with Gasteiger partial charge in [0, 0.05) is 10.6 Å². The van der Waals surface area contributed by atoms with Gasteiger partial charge in [0.2, 0.25) is 0 Å². The lowest BCUT2D eigenvalue weighted by atomic mass is 10.1. The van der Waals surface area contributed by atoms with Crippen LogP contribution in [0.5, 0.6) is 11.5 Å². The van der Waals surface area contributed by atoms with E-state index in [2.05, 4.69) is 21.2 Å². The van der Waals surface area contributed by atoms with Gasteiger partial charge < -0.3 is 9.47 Å². The second kappa shape index (κ2) is 11.1. The summed E-state index contributed by atoms with van der Waals surface area (Å²) < 4.78 is 26.0. The zero-order valence-corrected chi connectivity index (χ0v) is 22.2. The SMILES string of the molecule is CCOc1cc(/C=C2/C(=O)NC(=O)N(c3ccc(C)c(Cl)c3)C2=O)cc(Br)c1OCc1ccccc1F. The molecule has 10 heteroatoms. The van der Waals surface area contributed by atoms with Crippen molar-refractivity contribution < 1.29 is 28.2 Å². The standard InChI is InChI=1S/C27H21BrClFN2O5/c1-3-36-23-12-16(11-20(28)24(23)37-14-17-6-4-5-7-22(17)30)10-19-25(33)31-27(35)32(26(19)34)18-9-8-15(2)21(29)13-18/h4-13H,3,14H2,1-2H3,(H,31,33,35)/b19-10-. The number of carbonyl (C=O) groups excluding carboxylic acids is 3. The molecule has 1 aliphatic rings. The van der Waals surface area contributed by atoms with E-state index in [0.717, 1.165) is 10.5 Å². The normalized spacial score (nSPS) is 14.7. The molecule has 7 nitrogen and oxygen atoms in total. The van der Waals surface area contributed by atoms with Gasteiger partial charge >= 0.3 is 6.03 Å². The fourth-order valence-electron chi connectivity index (χ4n) is 3.62. The molecule has 1 saturated heterocycles. The van der Waals surface area contributed by atoms with Gasteiger partial charge in [0.25, 0.3) is 11.8 Å². The van der Waals surface area contributed by atoms with Crippen molar-refractivity contribution in [1.29, 1.82) is 0 Å². The highest BCUT2D eigenvalue weighted by molar-refractivity contribution is 9.10. The van der Waals surface area contributed by atoms with Crippen molar-refractivity contribution >= 4 is 57.1 Å². The van der Waals surface area contributed by atoms with Gasteiger partial charge in [-0.05, 0) is 77.3 Å². The highest BCUT2D eigenvalue weighted by Gasteiger charge is 2.37. The molecule has 3 aromatic rings. The average molecular weight is 588 g/mol. The maximum Gasteiger partial charge on any atom is 0.335 e. The second-order valence-electron chi connectivity index (χ2n) is 8.03. The summed E-state index contributed by atoms with van der Waals surface area (Å²) in [6, 6.07) is 13.3. The number of anilines is 1. The molecule has 3 aromatic carbocycles. The number of hydrogen-bond donors (Lipinski definition) is 1. The Bertz CT molecular complexity index is 1440. The van der Waals surface area contributed by atoms with Crippen LogP contribution in [0.3, 0.4) is 0 Å². The molecule has 0 aromatic heterocycles. The highest BCUT2D eigenvalue weighted by Crippen LogP contribution is 2.38. The number of nitrogens with one attached hydrogen (secondary N) is 1. The van der Waals surface area contributed by atoms with E-state index in [4.69, 9.17) is 21.1 Å². The van der Waals surface area contributed by atoms with Gasteiger partial charge in [0.1, 0.15) is 18.0 Å². The Labute approximate surface area is 225 Å². The molecule has 0 unspecified atom stereocenters. The predicted molar refractivity (Wildman–Crippen MR) is 141 cm³/mol. The summed E-state index contributed by atoms with van der Waals surface area (Å²) in [5.41, 5.74) is 1.54. The third-order valence-electron chi connectivity index (χ3n) is 5.49. The Kier molecular flexibility index (Phi) is 7.94. The van der Waals surface area contributed by atoms with E-state index in [1.54, 1.807) is 56.3 Å². The number of ether oxygens (including phenoxy) is 2. The molecule has 37 heavy (non-hydrogen) atoms. The lowest BCUT2D eigenvalue weighted by molar-refractivity contribution is -0.122. The first-order chi connectivity index (χ1) is 17.7. The van der Waals surface area contributed by atoms with Crippen molar-refractivity contribution in [3.63, 3.8) is 0 Å². The number of amides is 4. The Morgan fingerprint density at radius 3 is 2.54 bits per heavy atom. The third-order valence-corrected chi connectivity index (χ3v) is 6.48. The molecule has 1 aliphatic heterocycles. The summed E-state index contributed by atoms with van der Waals surface area (Å²) in [4.78, 5) is 39.2. The third kappa shape index (κ3) is 5.68. The van der Waals surface area contributed by atoms with Gasteiger partial charge in [-0.1, -0.05) is 35.9 Å². The summed E-state index contributed by atoms with van der Waals surface area (Å²) in [5, 5.41) is 2.56. The lowest BCUT2D eigenvalue weighted by Gasteiger charge is -2.26. The van der Waals surface area contributed by atoms with E-state index in [1.165, 1.54) is 18.2 Å². The zero-order valence-electron chi connectivity index (χ0n) is 19.8. The van der Waals surface area contributed by atoms with E-state index in [0.29, 0.717) is 38.7 Å². The van der Waals surface area contributed by atoms with Gasteiger partial charge in [-0.15, -0.1) is 0 Å². The molecule has 4 amide bonds. The summed E-state index contributed by atoms with van der Waals surface area (Å²) >= 11 is 9.61. The number of imide groups is 2. The van der Waals surface area contributed by atoms with Gasteiger partial charge in [0.15, 0.2) is 11.5 Å². The van der Waals surface area contributed by atoms with Crippen LogP contribution in [0, 0.1) is 12.7 Å². The molecule has 1 fully saturated rings. The van der Waals surface area contributed by atoms with Crippen LogP contribution in [0.25, 0.3) is 6.08 Å². The van der Waals surface area contributed by atoms with E-state index in [9.17, 15) is 18.8 Å². The van der Waals surface area contributed by atoms with Gasteiger partial charge in [-0.2, -0.15) is 0 Å². The van der Waals surface area contributed by atoms with Crippen molar-refractivity contribution in [2.24, 2.45) is 0 Å². The highest BCUT2D eigenvalue weighted by atomic mass is 79.9. The number of halogens is 3. The summed E-state index contributed by atoms with van der Waals surface area (Å²) in [6.45, 7) is 3.84. The molecule has 4 rings (SSSR count). The van der Waals surface area contributed by atoms with Crippen molar-refractivity contribution in [3.8, 4) is 11.5 Å². The fourth-order valence-corrected chi connectivity index (χ4v) is 4.37. The molecule has 0 atom stereocenters. The predicted octanol–water partition coefficient (Wildman–Crippen LogP) is 6.19. The average Bonchev–Trinajstić information content (AvgIpc) is 2.84. The van der Waals surface area contributed by atoms with Gasteiger partial charge in [0.05, 0.1) is 16.8 Å². The van der Waals surface area contributed by atoms with E-state index in [-0.39, 0.29) is 17.9 Å². The monoisotopic (exact) mass is 586 g/mol. The number of aryl methyl sites for hydroxylation is 1. The van der Waals surface area contributed by atoms with Crippen LogP contribution < -0.4 is 19.7 Å². The van der Waals surface area contributed by atoms with E-state index < -0.39 is 23.7 Å². The first kappa shape index (κ1) is 26.4. The van der Waals surface area contributed by atoms with Crippen LogP contribution >= 0.6 is 27.5 Å². The minimum atomic E-state index is -0.875. The number of benzene rings is 3. The Morgan fingerprint density at radius 2 is 1.84 bits per heavy atom. The first-order valence-corrected chi connectivity index (χ1v) is 12.4. The molecule has 0 aliphatic carbocycles. The number of hydrogen-bond acceptors (Lipinski definition) is 5. The van der Waals surface area contributed by atoms with Crippen molar-refractivity contribution in [3.05, 3.63) is 92.2 Å². The maximum absolute atomic E-state index is 14.0. The van der Waals surface area contributed by atoms with Crippen LogP contribution in [0.4, 0.5) is 14.9 Å². The van der Waals surface area contributed by atoms with E-state index >= 15 is 0 Å². The molecule has 1 N–H and O–H groups in total. The number of carbonyl (C=O) groups is 3. The number of nitrogens with zero attached hydrogens (tertiary/aromatic N) is 1. The van der Waals surface area contributed by atoms with Crippen LogP contribution in [0.2, 0.25) is 5.02 Å². The maximum atomic E-state index is 14.0. The van der Waals surface area contributed by atoms with Crippen LogP contribution in [-0.4, -0.2) is 24.5 Å². The van der Waals surface area contributed by atoms with Crippen molar-refractivity contribution in [2.75, 3.05) is 11.5 Å². The van der Waals surface area contributed by atoms with Gasteiger partial charge in [-0.25, -0.2) is 14.1 Å². The second-order valence-corrected chi connectivity index (χ2v) is 9.30. The minimum absolute atomic E-state index is 0.0388. The fraction of sp³-hybridized carbons (Fsp3) is 0.148. The molecule has 0 bridgehead atoms. The smallest absolute Gasteiger partial charge is 0.335 e. The molecule has 190 valence electrons. The summed E-state index contributed by atoms with van der Waals surface area (Å²) in [6.07, 6.45) is 1.35. The number of rotatable bonds is 7. The van der Waals surface area contributed by atoms with E-state index in [1.807, 2.05) is 0 Å². The van der Waals surface area contributed by atoms with Gasteiger partial charge in [-0.3, -0.25) is 14.9 Å². The molecule has 0 spiro atoms. The van der Waals surface area contributed by atoms with Crippen LogP contribution in [0.1, 0.15) is 23.6 Å². The van der Waals surface area contributed by atoms with Crippen molar-refractivity contribution in [1.82, 2.24) is 5.32 Å². The summed E-state index contributed by atoms with van der Waals surface area (Å²) in [7, 11) is 0. The molecular weight excluding hydrogens is 567 g/mol.